The summed E-state index contributed by atoms with van der Waals surface area (Å²) < 4.78 is 4.20. The average Bonchev–Trinajstić information content (AvgIpc) is 1.97. The van der Waals surface area contributed by atoms with E-state index in [4.69, 9.17) is 7.11 Å². The zero-order valence-corrected chi connectivity index (χ0v) is 6.86. The number of hydrogen-bond acceptors (Lipinski definition) is 1. The van der Waals surface area contributed by atoms with Gasteiger partial charge < -0.3 is 4.74 Å². The molecule has 0 atom stereocenters. The molecule has 0 aromatic heterocycles. The van der Waals surface area contributed by atoms with Gasteiger partial charge in [0.1, 0.15) is 0 Å². The van der Waals surface area contributed by atoms with Crippen LogP contribution in [0.5, 0.6) is 0 Å². The summed E-state index contributed by atoms with van der Waals surface area (Å²) in [7, 11) is 6.42. The molecule has 0 aliphatic carbocycles. The zero-order valence-electron chi connectivity index (χ0n) is 6.86. The van der Waals surface area contributed by atoms with Crippen molar-refractivity contribution in [3.8, 4) is 0 Å². The Bertz CT molecular complexity index is 44.7. The molecule has 0 heterocycles. The Morgan fingerprint density at radius 1 is 1.00 bits per heavy atom. The molecule has 59 valence electrons. The maximum Gasteiger partial charge on any atom is 0.173 e. The van der Waals surface area contributed by atoms with E-state index in [1.165, 1.54) is 32.1 Å². The van der Waals surface area contributed by atoms with Gasteiger partial charge in [-0.25, -0.2) is 0 Å². The van der Waals surface area contributed by atoms with Crippen LogP contribution in [0, 0.1) is 7.11 Å². The van der Waals surface area contributed by atoms with E-state index in [0.29, 0.717) is 6.61 Å². The van der Waals surface area contributed by atoms with Gasteiger partial charge in [0, 0.05) is 6.61 Å². The first-order valence-corrected chi connectivity index (χ1v) is 4.20. The SMILES string of the molecule is [C]OCCCCCCCC. The van der Waals surface area contributed by atoms with Crippen molar-refractivity contribution in [1.82, 2.24) is 0 Å². The fraction of sp³-hybridized carbons (Fsp3) is 0.889. The van der Waals surface area contributed by atoms with E-state index in [0.717, 1.165) is 6.42 Å². The standard InChI is InChI=1S/C9H17O/c1-3-4-5-6-7-8-9-10-2/h3-9H2,1H3. The van der Waals surface area contributed by atoms with E-state index >= 15 is 0 Å². The van der Waals surface area contributed by atoms with Crippen molar-refractivity contribution in [2.24, 2.45) is 0 Å². The van der Waals surface area contributed by atoms with Gasteiger partial charge in [0.15, 0.2) is 7.11 Å². The highest BCUT2D eigenvalue weighted by atomic mass is 16.5. The largest absolute Gasteiger partial charge is 0.365 e. The third kappa shape index (κ3) is 7.96. The van der Waals surface area contributed by atoms with E-state index in [2.05, 4.69) is 11.7 Å². The van der Waals surface area contributed by atoms with Gasteiger partial charge >= 0.3 is 0 Å². The van der Waals surface area contributed by atoms with Gasteiger partial charge in [-0.15, -0.1) is 0 Å². The molecular weight excluding hydrogens is 124 g/mol. The second-order valence-electron chi connectivity index (χ2n) is 2.62. The van der Waals surface area contributed by atoms with Crippen LogP contribution in [0.4, 0.5) is 0 Å². The predicted molar refractivity (Wildman–Crippen MR) is 42.6 cm³/mol. The smallest absolute Gasteiger partial charge is 0.173 e. The van der Waals surface area contributed by atoms with Crippen LogP contribution in [0.2, 0.25) is 0 Å². The summed E-state index contributed by atoms with van der Waals surface area (Å²) in [6, 6.07) is 0. The van der Waals surface area contributed by atoms with Crippen molar-refractivity contribution in [2.75, 3.05) is 6.61 Å². The molecular formula is C9H17O. The van der Waals surface area contributed by atoms with Crippen LogP contribution in [0.15, 0.2) is 0 Å². The second-order valence-corrected chi connectivity index (χ2v) is 2.62. The minimum Gasteiger partial charge on any atom is -0.365 e. The van der Waals surface area contributed by atoms with Gasteiger partial charge in [-0.1, -0.05) is 39.0 Å². The summed E-state index contributed by atoms with van der Waals surface area (Å²) in [5, 5.41) is 0. The van der Waals surface area contributed by atoms with Crippen LogP contribution >= 0.6 is 0 Å². The third-order valence-electron chi connectivity index (χ3n) is 1.60. The Balaban J connectivity index is 2.65. The van der Waals surface area contributed by atoms with Crippen LogP contribution < -0.4 is 0 Å². The van der Waals surface area contributed by atoms with Crippen LogP contribution in [0.1, 0.15) is 45.4 Å². The highest BCUT2D eigenvalue weighted by molar-refractivity contribution is 4.42. The van der Waals surface area contributed by atoms with Gasteiger partial charge in [-0.3, -0.25) is 0 Å². The number of unbranched alkanes of at least 4 members (excludes halogenated alkanes) is 5. The topological polar surface area (TPSA) is 9.23 Å². The minimum absolute atomic E-state index is 0.603. The molecule has 0 unspecified atom stereocenters. The van der Waals surface area contributed by atoms with E-state index in [9.17, 15) is 0 Å². The quantitative estimate of drug-likeness (QED) is 0.495. The highest BCUT2D eigenvalue weighted by Crippen LogP contribution is 2.04. The molecule has 0 N–H and O–H groups in total. The summed E-state index contributed by atoms with van der Waals surface area (Å²) >= 11 is 0. The first-order chi connectivity index (χ1) is 4.91. The first-order valence-electron chi connectivity index (χ1n) is 4.20. The lowest BCUT2D eigenvalue weighted by atomic mass is 10.1. The molecule has 0 aromatic carbocycles. The van der Waals surface area contributed by atoms with Crippen LogP contribution in [-0.4, -0.2) is 6.61 Å². The molecule has 0 aliphatic rings. The van der Waals surface area contributed by atoms with Crippen molar-refractivity contribution in [3.63, 3.8) is 0 Å². The molecule has 0 fully saturated rings. The van der Waals surface area contributed by atoms with Gasteiger partial charge in [0.05, 0.1) is 0 Å². The Morgan fingerprint density at radius 3 is 2.20 bits per heavy atom. The lowest BCUT2D eigenvalue weighted by Crippen LogP contribution is -1.86. The van der Waals surface area contributed by atoms with Crippen molar-refractivity contribution >= 4 is 0 Å². The van der Waals surface area contributed by atoms with Crippen molar-refractivity contribution < 1.29 is 4.74 Å². The van der Waals surface area contributed by atoms with E-state index in [1.807, 2.05) is 0 Å². The summed E-state index contributed by atoms with van der Waals surface area (Å²) in [6.07, 6.45) is 7.56. The number of rotatable bonds is 7. The molecule has 1 heteroatoms. The minimum atomic E-state index is 0.603. The predicted octanol–water partition coefficient (Wildman–Crippen LogP) is 2.91. The van der Waals surface area contributed by atoms with Gasteiger partial charge in [-0.05, 0) is 6.42 Å². The van der Waals surface area contributed by atoms with E-state index in [1.54, 1.807) is 0 Å². The maximum atomic E-state index is 6.42. The van der Waals surface area contributed by atoms with Gasteiger partial charge in [0.2, 0.25) is 0 Å². The van der Waals surface area contributed by atoms with Crippen LogP contribution in [0.3, 0.4) is 0 Å². The highest BCUT2D eigenvalue weighted by Gasteiger charge is 1.87. The van der Waals surface area contributed by atoms with E-state index < -0.39 is 0 Å². The Kier molecular flexibility index (Phi) is 8.92. The van der Waals surface area contributed by atoms with Crippen molar-refractivity contribution in [3.05, 3.63) is 7.11 Å². The molecule has 0 saturated carbocycles. The third-order valence-corrected chi connectivity index (χ3v) is 1.60. The molecule has 0 aliphatic heterocycles. The van der Waals surface area contributed by atoms with Crippen molar-refractivity contribution in [2.45, 2.75) is 45.4 Å². The number of hydrogen-bond donors (Lipinski definition) is 0. The molecule has 0 aromatic rings. The fourth-order valence-corrected chi connectivity index (χ4v) is 0.955. The average molecular weight is 141 g/mol. The summed E-state index contributed by atoms with van der Waals surface area (Å²) in [5.74, 6) is 0. The van der Waals surface area contributed by atoms with Crippen LogP contribution in [-0.2, 0) is 4.74 Å². The van der Waals surface area contributed by atoms with Crippen LogP contribution in [0.25, 0.3) is 0 Å². The Morgan fingerprint density at radius 2 is 1.60 bits per heavy atom. The number of ether oxygens (including phenoxy) is 1. The normalized spacial score (nSPS) is 10.2. The molecule has 0 saturated heterocycles. The molecule has 10 heavy (non-hydrogen) atoms. The van der Waals surface area contributed by atoms with Gasteiger partial charge in [0.25, 0.3) is 0 Å². The molecule has 3 radical (unpaired) electrons. The summed E-state index contributed by atoms with van der Waals surface area (Å²) in [6.45, 7) is 2.82. The monoisotopic (exact) mass is 141 g/mol. The fourth-order valence-electron chi connectivity index (χ4n) is 0.955. The van der Waals surface area contributed by atoms with Crippen molar-refractivity contribution in [1.29, 1.82) is 0 Å². The molecule has 0 spiro atoms. The molecule has 0 bridgehead atoms. The Hall–Kier alpha value is -0.0400. The maximum absolute atomic E-state index is 6.42. The summed E-state index contributed by atoms with van der Waals surface area (Å²) in [4.78, 5) is 0. The molecule has 0 rings (SSSR count). The Labute approximate surface area is 64.8 Å². The lowest BCUT2D eigenvalue weighted by molar-refractivity contribution is 0.233. The lowest BCUT2D eigenvalue weighted by Gasteiger charge is -1.97. The summed E-state index contributed by atoms with van der Waals surface area (Å²) in [5.41, 5.74) is 0. The first kappa shape index (κ1) is 9.96. The zero-order chi connectivity index (χ0) is 7.66. The molecule has 0 amide bonds. The van der Waals surface area contributed by atoms with E-state index in [-0.39, 0.29) is 0 Å². The second kappa shape index (κ2) is 8.96. The molecule has 1 nitrogen and oxygen atoms in total. The van der Waals surface area contributed by atoms with Gasteiger partial charge in [-0.2, -0.15) is 0 Å².